The molecule has 1 nitrogen and oxygen atoms in total. The molecule has 0 amide bonds. The topological polar surface area (TPSA) is 12.4 Å². The molecule has 0 saturated heterocycles. The highest BCUT2D eigenvalue weighted by Gasteiger charge is 2.13. The number of alkyl halides is 1. The van der Waals surface area contributed by atoms with Crippen molar-refractivity contribution in [1.29, 1.82) is 0 Å². The van der Waals surface area contributed by atoms with Crippen molar-refractivity contribution in [3.63, 3.8) is 0 Å². The lowest BCUT2D eigenvalue weighted by atomic mass is 10.0. The van der Waals surface area contributed by atoms with Crippen LogP contribution in [0.3, 0.4) is 0 Å². The SMILES string of the molecule is CC(C)/C=C(\N=C1C=CC=CC1CI)c1cccs1. The predicted octanol–water partition coefficient (Wildman–Crippen LogP) is 5.36. The second kappa shape index (κ2) is 7.20. The lowest BCUT2D eigenvalue weighted by molar-refractivity contribution is 0.832. The molecule has 0 radical (unpaired) electrons. The highest BCUT2D eigenvalue weighted by molar-refractivity contribution is 14.1. The fourth-order valence-corrected chi connectivity index (χ4v) is 3.32. The third-order valence-electron chi connectivity index (χ3n) is 2.78. The highest BCUT2D eigenvalue weighted by Crippen LogP contribution is 2.25. The molecule has 1 aromatic rings. The average Bonchev–Trinajstić information content (AvgIpc) is 2.92. The summed E-state index contributed by atoms with van der Waals surface area (Å²) in [6.45, 7) is 4.39. The molecular formula is C16H18INS. The first kappa shape index (κ1) is 14.7. The van der Waals surface area contributed by atoms with Gasteiger partial charge in [0.25, 0.3) is 0 Å². The van der Waals surface area contributed by atoms with Crippen LogP contribution in [0.1, 0.15) is 18.7 Å². The first-order valence-corrected chi connectivity index (χ1v) is 8.86. The summed E-state index contributed by atoms with van der Waals surface area (Å²) in [4.78, 5) is 6.16. The summed E-state index contributed by atoms with van der Waals surface area (Å²) in [5.74, 6) is 0.934. The van der Waals surface area contributed by atoms with E-state index in [0.717, 1.165) is 15.8 Å². The summed E-state index contributed by atoms with van der Waals surface area (Å²) in [5.41, 5.74) is 2.27. The van der Waals surface area contributed by atoms with Crippen molar-refractivity contribution in [2.45, 2.75) is 13.8 Å². The molecule has 1 aromatic heterocycles. The van der Waals surface area contributed by atoms with Crippen LogP contribution in [-0.4, -0.2) is 10.1 Å². The van der Waals surface area contributed by atoms with Crippen LogP contribution in [0.5, 0.6) is 0 Å². The maximum Gasteiger partial charge on any atom is 0.0768 e. The van der Waals surface area contributed by atoms with E-state index in [1.54, 1.807) is 11.3 Å². The van der Waals surface area contributed by atoms with E-state index in [2.05, 4.69) is 84.3 Å². The first-order chi connectivity index (χ1) is 9.20. The van der Waals surface area contributed by atoms with E-state index in [4.69, 9.17) is 4.99 Å². The fourth-order valence-electron chi connectivity index (χ4n) is 1.88. The fraction of sp³-hybridized carbons (Fsp3) is 0.312. The minimum atomic E-state index is 0.432. The van der Waals surface area contributed by atoms with Crippen LogP contribution in [-0.2, 0) is 0 Å². The largest absolute Gasteiger partial charge is 0.252 e. The monoisotopic (exact) mass is 383 g/mol. The van der Waals surface area contributed by atoms with Gasteiger partial charge in [0, 0.05) is 16.1 Å². The van der Waals surface area contributed by atoms with Crippen LogP contribution in [0.25, 0.3) is 5.70 Å². The quantitative estimate of drug-likeness (QED) is 0.490. The lowest BCUT2D eigenvalue weighted by Gasteiger charge is -2.14. The van der Waals surface area contributed by atoms with E-state index in [1.165, 1.54) is 4.88 Å². The third kappa shape index (κ3) is 4.14. The molecule has 0 spiro atoms. The highest BCUT2D eigenvalue weighted by atomic mass is 127. The maximum absolute atomic E-state index is 4.92. The number of rotatable bonds is 4. The Balaban J connectivity index is 2.35. The summed E-state index contributed by atoms with van der Waals surface area (Å²) < 4.78 is 1.07. The number of hydrogen-bond acceptors (Lipinski definition) is 2. The molecule has 3 heteroatoms. The molecule has 1 aliphatic carbocycles. The first-order valence-electron chi connectivity index (χ1n) is 6.46. The molecular weight excluding hydrogens is 365 g/mol. The molecule has 1 atom stereocenters. The van der Waals surface area contributed by atoms with Gasteiger partial charge in [-0.25, -0.2) is 0 Å². The van der Waals surface area contributed by atoms with Crippen molar-refractivity contribution in [3.05, 3.63) is 52.8 Å². The molecule has 0 saturated carbocycles. The summed E-state index contributed by atoms with van der Waals surface area (Å²) in [6.07, 6.45) is 10.8. The van der Waals surface area contributed by atoms with Crippen LogP contribution in [0, 0.1) is 11.8 Å². The van der Waals surface area contributed by atoms with Gasteiger partial charge in [0.1, 0.15) is 0 Å². The van der Waals surface area contributed by atoms with Crippen molar-refractivity contribution >= 4 is 45.3 Å². The molecule has 0 N–H and O–H groups in total. The van der Waals surface area contributed by atoms with Gasteiger partial charge in [-0.05, 0) is 23.4 Å². The zero-order valence-corrected chi connectivity index (χ0v) is 14.2. The minimum Gasteiger partial charge on any atom is -0.252 e. The van der Waals surface area contributed by atoms with E-state index in [9.17, 15) is 0 Å². The molecule has 1 aliphatic rings. The Morgan fingerprint density at radius 3 is 2.95 bits per heavy atom. The van der Waals surface area contributed by atoms with Gasteiger partial charge in [-0.3, -0.25) is 4.99 Å². The molecule has 0 fully saturated rings. The van der Waals surface area contributed by atoms with Crippen LogP contribution in [0.15, 0.2) is 52.9 Å². The van der Waals surface area contributed by atoms with Crippen LogP contribution < -0.4 is 0 Å². The Hall–Kier alpha value is -0.680. The molecule has 1 heterocycles. The number of allylic oxidation sites excluding steroid dienone is 5. The van der Waals surface area contributed by atoms with Gasteiger partial charge in [-0.1, -0.05) is 66.8 Å². The molecule has 100 valence electrons. The van der Waals surface area contributed by atoms with Crippen LogP contribution in [0.4, 0.5) is 0 Å². The zero-order valence-electron chi connectivity index (χ0n) is 11.2. The standard InChI is InChI=1S/C16H18INS/c1-12(2)10-15(16-8-5-9-19-16)18-14-7-4-3-6-13(14)11-17/h3-10,12-13H,11H2,1-2H3/b15-10-,18-14?. The molecule has 0 aromatic carbocycles. The molecule has 1 unspecified atom stereocenters. The third-order valence-corrected chi connectivity index (χ3v) is 4.62. The predicted molar refractivity (Wildman–Crippen MR) is 95.2 cm³/mol. The minimum absolute atomic E-state index is 0.432. The second-order valence-electron chi connectivity index (χ2n) is 4.81. The van der Waals surface area contributed by atoms with Gasteiger partial charge in [0.05, 0.1) is 10.6 Å². The second-order valence-corrected chi connectivity index (χ2v) is 6.64. The lowest BCUT2D eigenvalue weighted by Crippen LogP contribution is -2.13. The van der Waals surface area contributed by atoms with Crippen molar-refractivity contribution in [3.8, 4) is 0 Å². The van der Waals surface area contributed by atoms with E-state index in [-0.39, 0.29) is 0 Å². The molecule has 0 aliphatic heterocycles. The van der Waals surface area contributed by atoms with E-state index in [1.807, 2.05) is 0 Å². The Morgan fingerprint density at radius 2 is 2.32 bits per heavy atom. The average molecular weight is 383 g/mol. The van der Waals surface area contributed by atoms with Gasteiger partial charge < -0.3 is 0 Å². The van der Waals surface area contributed by atoms with E-state index >= 15 is 0 Å². The number of nitrogens with zero attached hydrogens (tertiary/aromatic N) is 1. The molecule has 2 rings (SSSR count). The van der Waals surface area contributed by atoms with Gasteiger partial charge >= 0.3 is 0 Å². The Labute approximate surface area is 133 Å². The smallest absolute Gasteiger partial charge is 0.0768 e. The van der Waals surface area contributed by atoms with Gasteiger partial charge in [0.15, 0.2) is 0 Å². The zero-order chi connectivity index (χ0) is 13.7. The summed E-state index contributed by atoms with van der Waals surface area (Å²) in [6, 6.07) is 4.23. The molecule has 0 bridgehead atoms. The van der Waals surface area contributed by atoms with Crippen molar-refractivity contribution < 1.29 is 0 Å². The maximum atomic E-state index is 4.92. The Bertz CT molecular complexity index is 521. The van der Waals surface area contributed by atoms with Crippen molar-refractivity contribution in [2.24, 2.45) is 16.8 Å². The van der Waals surface area contributed by atoms with Gasteiger partial charge in [0.2, 0.25) is 0 Å². The normalized spacial score (nSPS) is 21.6. The summed E-state index contributed by atoms with van der Waals surface area (Å²) >= 11 is 4.18. The Morgan fingerprint density at radius 1 is 1.47 bits per heavy atom. The van der Waals surface area contributed by atoms with Crippen LogP contribution in [0.2, 0.25) is 0 Å². The van der Waals surface area contributed by atoms with Crippen LogP contribution >= 0.6 is 33.9 Å². The Kier molecular flexibility index (Phi) is 5.58. The number of thiophene rings is 1. The van der Waals surface area contributed by atoms with Gasteiger partial charge in [-0.2, -0.15) is 0 Å². The molecule has 19 heavy (non-hydrogen) atoms. The summed E-state index contributed by atoms with van der Waals surface area (Å²) in [7, 11) is 0. The van der Waals surface area contributed by atoms with Gasteiger partial charge in [-0.15, -0.1) is 11.3 Å². The van der Waals surface area contributed by atoms with Crippen molar-refractivity contribution in [2.75, 3.05) is 4.43 Å². The summed E-state index contributed by atoms with van der Waals surface area (Å²) in [5, 5.41) is 2.11. The number of aliphatic imine (C=N–C) groups is 1. The van der Waals surface area contributed by atoms with E-state index in [0.29, 0.717) is 11.8 Å². The van der Waals surface area contributed by atoms with Crippen molar-refractivity contribution in [1.82, 2.24) is 0 Å². The van der Waals surface area contributed by atoms with E-state index < -0.39 is 0 Å². The number of hydrogen-bond donors (Lipinski definition) is 0. The number of halogens is 1.